The predicted octanol–water partition coefficient (Wildman–Crippen LogP) is 2.00. The van der Waals surface area contributed by atoms with Crippen LogP contribution in [0.4, 0.5) is 0 Å². The number of hydrogen-bond donors (Lipinski definition) is 1. The zero-order valence-corrected chi connectivity index (χ0v) is 13.0. The van der Waals surface area contributed by atoms with Gasteiger partial charge in [-0.1, -0.05) is 30.3 Å². The molecular weight excluding hydrogens is 292 g/mol. The van der Waals surface area contributed by atoms with Crippen LogP contribution in [0.25, 0.3) is 11.4 Å². The highest BCUT2D eigenvalue weighted by molar-refractivity contribution is 5.77. The maximum Gasteiger partial charge on any atom is 0.223 e. The number of nitrogens with one attached hydrogen (secondary N) is 1. The predicted molar refractivity (Wildman–Crippen MR) is 84.3 cm³/mol. The molecule has 1 aromatic heterocycles. The van der Waals surface area contributed by atoms with Crippen molar-refractivity contribution in [3.63, 3.8) is 0 Å². The second-order valence-electron chi connectivity index (χ2n) is 6.52. The molecule has 3 heterocycles. The van der Waals surface area contributed by atoms with E-state index in [4.69, 9.17) is 4.74 Å². The minimum Gasteiger partial charge on any atom is -0.381 e. The third-order valence-corrected chi connectivity index (χ3v) is 4.84. The fraction of sp³-hybridized carbons (Fsp3) is 0.471. The van der Waals surface area contributed by atoms with E-state index in [-0.39, 0.29) is 11.3 Å². The molecule has 1 amide bonds. The van der Waals surface area contributed by atoms with Gasteiger partial charge in [0.25, 0.3) is 0 Å². The lowest BCUT2D eigenvalue weighted by atomic mass is 9.79. The molecule has 0 radical (unpaired) electrons. The molecule has 2 aliphatic rings. The summed E-state index contributed by atoms with van der Waals surface area (Å²) in [6, 6.07) is 9.84. The van der Waals surface area contributed by atoms with E-state index in [1.807, 2.05) is 35.2 Å². The Labute approximate surface area is 134 Å². The van der Waals surface area contributed by atoms with Crippen molar-refractivity contribution in [2.24, 2.45) is 5.41 Å². The second-order valence-corrected chi connectivity index (χ2v) is 6.52. The molecule has 0 bridgehead atoms. The number of carbonyl (C=O) groups excluding carboxylic acids is 1. The number of carbonyl (C=O) groups is 1. The van der Waals surface area contributed by atoms with Crippen molar-refractivity contribution in [1.82, 2.24) is 20.1 Å². The Morgan fingerprint density at radius 1 is 1.26 bits per heavy atom. The minimum absolute atomic E-state index is 0.149. The zero-order valence-electron chi connectivity index (χ0n) is 13.0. The molecule has 120 valence electrons. The summed E-state index contributed by atoms with van der Waals surface area (Å²) in [5, 5.41) is 7.23. The van der Waals surface area contributed by atoms with E-state index in [1.54, 1.807) is 0 Å². The first kappa shape index (κ1) is 14.4. The van der Waals surface area contributed by atoms with Gasteiger partial charge < -0.3 is 9.64 Å². The average molecular weight is 312 g/mol. The molecule has 2 aromatic rings. The molecule has 1 unspecified atom stereocenters. The van der Waals surface area contributed by atoms with Crippen LogP contribution < -0.4 is 0 Å². The van der Waals surface area contributed by atoms with Gasteiger partial charge in [0.15, 0.2) is 5.82 Å². The molecule has 2 aliphatic heterocycles. The maximum atomic E-state index is 12.2. The lowest BCUT2D eigenvalue weighted by Gasteiger charge is -2.38. The molecule has 23 heavy (non-hydrogen) atoms. The van der Waals surface area contributed by atoms with Gasteiger partial charge in [-0.2, -0.15) is 5.10 Å². The number of aromatic amines is 1. The Balaban J connectivity index is 1.49. The molecule has 1 spiro atoms. The van der Waals surface area contributed by atoms with Gasteiger partial charge in [0.2, 0.25) is 5.91 Å². The molecule has 0 aliphatic carbocycles. The van der Waals surface area contributed by atoms with Gasteiger partial charge in [-0.3, -0.25) is 9.89 Å². The number of H-pyrrole nitrogens is 1. The van der Waals surface area contributed by atoms with Gasteiger partial charge in [0.05, 0.1) is 13.2 Å². The Bertz CT molecular complexity index is 692. The van der Waals surface area contributed by atoms with Crippen molar-refractivity contribution in [3.05, 3.63) is 36.2 Å². The van der Waals surface area contributed by atoms with Crippen molar-refractivity contribution in [2.75, 3.05) is 19.8 Å². The summed E-state index contributed by atoms with van der Waals surface area (Å²) < 4.78 is 5.56. The average Bonchev–Trinajstić information content (AvgIpc) is 3.22. The molecule has 0 saturated carbocycles. The summed E-state index contributed by atoms with van der Waals surface area (Å²) in [5.41, 5.74) is 1.12. The molecule has 4 rings (SSSR count). The van der Waals surface area contributed by atoms with E-state index in [0.29, 0.717) is 18.8 Å². The molecular formula is C17H20N4O2. The van der Waals surface area contributed by atoms with Crippen LogP contribution in [0.1, 0.15) is 25.1 Å². The highest BCUT2D eigenvalue weighted by atomic mass is 16.5. The fourth-order valence-electron chi connectivity index (χ4n) is 3.48. The highest BCUT2D eigenvalue weighted by Crippen LogP contribution is 2.38. The van der Waals surface area contributed by atoms with Crippen molar-refractivity contribution in [2.45, 2.75) is 25.8 Å². The van der Waals surface area contributed by atoms with Gasteiger partial charge in [0.1, 0.15) is 5.82 Å². The number of benzene rings is 1. The van der Waals surface area contributed by atoms with Crippen LogP contribution in [0.3, 0.4) is 0 Å². The van der Waals surface area contributed by atoms with E-state index in [2.05, 4.69) is 15.2 Å². The number of likely N-dealkylation sites (tertiary alicyclic amines) is 1. The van der Waals surface area contributed by atoms with Crippen LogP contribution in [0, 0.1) is 5.41 Å². The Morgan fingerprint density at radius 2 is 2.13 bits per heavy atom. The summed E-state index contributed by atoms with van der Waals surface area (Å²) in [6.45, 7) is 2.82. The Morgan fingerprint density at radius 3 is 2.91 bits per heavy atom. The molecule has 2 fully saturated rings. The second kappa shape index (κ2) is 5.77. The lowest BCUT2D eigenvalue weighted by molar-refractivity contribution is -0.138. The standard InChI is InChI=1S/C17H20N4O2/c22-15-6-7-17(8-9-23-12-17)11-21(15)10-14-18-16(20-19-14)13-4-2-1-3-5-13/h1-5H,6-12H2,(H,18,19,20). The SMILES string of the molecule is O=C1CCC2(CCOC2)CN1Cc1nc(-c2ccccc2)n[nH]1. The zero-order chi connectivity index (χ0) is 15.7. The number of piperidine rings is 1. The monoisotopic (exact) mass is 312 g/mol. The highest BCUT2D eigenvalue weighted by Gasteiger charge is 2.41. The summed E-state index contributed by atoms with van der Waals surface area (Å²) in [4.78, 5) is 18.7. The van der Waals surface area contributed by atoms with E-state index in [0.717, 1.165) is 44.0 Å². The number of rotatable bonds is 3. The number of nitrogens with zero attached hydrogens (tertiary/aromatic N) is 3. The van der Waals surface area contributed by atoms with Crippen molar-refractivity contribution >= 4 is 5.91 Å². The quantitative estimate of drug-likeness (QED) is 0.941. The first-order chi connectivity index (χ1) is 11.2. The molecule has 6 heteroatoms. The molecule has 1 atom stereocenters. The summed E-state index contributed by atoms with van der Waals surface area (Å²) in [6.07, 6.45) is 2.58. The number of amides is 1. The normalized spacial score (nSPS) is 24.5. The van der Waals surface area contributed by atoms with Crippen molar-refractivity contribution in [1.29, 1.82) is 0 Å². The first-order valence-electron chi connectivity index (χ1n) is 8.06. The van der Waals surface area contributed by atoms with Crippen LogP contribution in [-0.4, -0.2) is 45.7 Å². The number of hydrogen-bond acceptors (Lipinski definition) is 4. The Hall–Kier alpha value is -2.21. The van der Waals surface area contributed by atoms with Crippen LogP contribution in [-0.2, 0) is 16.1 Å². The van der Waals surface area contributed by atoms with Gasteiger partial charge in [0, 0.05) is 30.6 Å². The van der Waals surface area contributed by atoms with Crippen LogP contribution in [0.15, 0.2) is 30.3 Å². The molecule has 1 aromatic carbocycles. The van der Waals surface area contributed by atoms with E-state index in [1.165, 1.54) is 0 Å². The van der Waals surface area contributed by atoms with Gasteiger partial charge in [-0.05, 0) is 12.8 Å². The fourth-order valence-corrected chi connectivity index (χ4v) is 3.48. The van der Waals surface area contributed by atoms with Crippen molar-refractivity contribution < 1.29 is 9.53 Å². The van der Waals surface area contributed by atoms with Crippen LogP contribution in [0.2, 0.25) is 0 Å². The van der Waals surface area contributed by atoms with Gasteiger partial charge >= 0.3 is 0 Å². The van der Waals surface area contributed by atoms with E-state index < -0.39 is 0 Å². The Kier molecular flexibility index (Phi) is 3.61. The molecule has 6 nitrogen and oxygen atoms in total. The summed E-state index contributed by atoms with van der Waals surface area (Å²) in [5.74, 6) is 1.59. The van der Waals surface area contributed by atoms with Gasteiger partial charge in [-0.25, -0.2) is 4.98 Å². The number of ether oxygens (including phenoxy) is 1. The third kappa shape index (κ3) is 2.86. The van der Waals surface area contributed by atoms with Crippen LogP contribution in [0.5, 0.6) is 0 Å². The van der Waals surface area contributed by atoms with E-state index >= 15 is 0 Å². The smallest absolute Gasteiger partial charge is 0.223 e. The largest absolute Gasteiger partial charge is 0.381 e. The van der Waals surface area contributed by atoms with Gasteiger partial charge in [-0.15, -0.1) is 0 Å². The third-order valence-electron chi connectivity index (χ3n) is 4.84. The summed E-state index contributed by atoms with van der Waals surface area (Å²) >= 11 is 0. The molecule has 2 saturated heterocycles. The number of aromatic nitrogens is 3. The minimum atomic E-state index is 0.149. The van der Waals surface area contributed by atoms with E-state index in [9.17, 15) is 4.79 Å². The first-order valence-corrected chi connectivity index (χ1v) is 8.06. The lowest BCUT2D eigenvalue weighted by Crippen LogP contribution is -2.46. The maximum absolute atomic E-state index is 12.2. The van der Waals surface area contributed by atoms with Crippen LogP contribution >= 0.6 is 0 Å². The topological polar surface area (TPSA) is 71.1 Å². The molecule has 1 N–H and O–H groups in total. The summed E-state index contributed by atoms with van der Waals surface area (Å²) in [7, 11) is 0. The van der Waals surface area contributed by atoms with Crippen molar-refractivity contribution in [3.8, 4) is 11.4 Å².